The van der Waals surface area contributed by atoms with E-state index in [1.165, 1.54) is 11.1 Å². The van der Waals surface area contributed by atoms with E-state index >= 15 is 0 Å². The summed E-state index contributed by atoms with van der Waals surface area (Å²) in [4.78, 5) is 2.06. The fraction of sp³-hybridized carbons (Fsp3) is 0.625. The Hall–Kier alpha value is -1.14. The van der Waals surface area contributed by atoms with E-state index in [-0.39, 0.29) is 0 Å². The highest BCUT2D eigenvalue weighted by molar-refractivity contribution is 5.54. The standard InChI is InChI=1S/C16H28N2O3/c1-13-9-14(10-17-7-8-20-3)5-6-16(13)18(2)11-15(19)12-21-4/h5-6,9,15,17,19H,7-8,10-12H2,1-4H3. The second-order valence-corrected chi connectivity index (χ2v) is 5.28. The molecule has 1 aromatic carbocycles. The maximum absolute atomic E-state index is 9.80. The van der Waals surface area contributed by atoms with Gasteiger partial charge in [0.2, 0.25) is 0 Å². The zero-order valence-electron chi connectivity index (χ0n) is 13.6. The van der Waals surface area contributed by atoms with Gasteiger partial charge in [0.05, 0.1) is 19.3 Å². The Kier molecular flexibility index (Phi) is 8.30. The summed E-state index contributed by atoms with van der Waals surface area (Å²) >= 11 is 0. The van der Waals surface area contributed by atoms with Gasteiger partial charge >= 0.3 is 0 Å². The Balaban J connectivity index is 2.56. The Bertz CT molecular complexity index is 413. The minimum absolute atomic E-state index is 0.352. The number of methoxy groups -OCH3 is 2. The molecule has 21 heavy (non-hydrogen) atoms. The highest BCUT2D eigenvalue weighted by atomic mass is 16.5. The fourth-order valence-corrected chi connectivity index (χ4v) is 2.32. The molecule has 0 amide bonds. The van der Waals surface area contributed by atoms with E-state index in [1.54, 1.807) is 14.2 Å². The molecule has 2 N–H and O–H groups in total. The minimum Gasteiger partial charge on any atom is -0.389 e. The lowest BCUT2D eigenvalue weighted by Gasteiger charge is -2.24. The normalized spacial score (nSPS) is 12.4. The third-order valence-electron chi connectivity index (χ3n) is 3.33. The number of nitrogens with zero attached hydrogens (tertiary/aromatic N) is 1. The summed E-state index contributed by atoms with van der Waals surface area (Å²) in [6.07, 6.45) is -0.477. The highest BCUT2D eigenvalue weighted by Crippen LogP contribution is 2.20. The monoisotopic (exact) mass is 296 g/mol. The fourth-order valence-electron chi connectivity index (χ4n) is 2.32. The maximum Gasteiger partial charge on any atom is 0.0947 e. The van der Waals surface area contributed by atoms with Crippen molar-refractivity contribution in [2.45, 2.75) is 19.6 Å². The number of ether oxygens (including phenoxy) is 2. The molecule has 0 radical (unpaired) electrons. The molecule has 1 rings (SSSR count). The van der Waals surface area contributed by atoms with Gasteiger partial charge in [0.25, 0.3) is 0 Å². The Morgan fingerprint density at radius 1 is 1.29 bits per heavy atom. The van der Waals surface area contributed by atoms with E-state index in [0.717, 1.165) is 25.4 Å². The molecule has 5 heteroatoms. The molecule has 120 valence electrons. The number of likely N-dealkylation sites (N-methyl/N-ethyl adjacent to an activating group) is 1. The van der Waals surface area contributed by atoms with Crippen molar-refractivity contribution in [1.29, 1.82) is 0 Å². The Labute approximate surface area is 127 Å². The molecule has 0 saturated heterocycles. The van der Waals surface area contributed by atoms with Gasteiger partial charge in [-0.15, -0.1) is 0 Å². The number of rotatable bonds is 10. The van der Waals surface area contributed by atoms with Gasteiger partial charge in [-0.05, 0) is 24.1 Å². The number of anilines is 1. The first-order valence-corrected chi connectivity index (χ1v) is 7.25. The molecule has 0 spiro atoms. The van der Waals surface area contributed by atoms with Gasteiger partial charge in [-0.25, -0.2) is 0 Å². The molecule has 0 aromatic heterocycles. The number of aliphatic hydroxyl groups is 1. The van der Waals surface area contributed by atoms with Crippen LogP contribution >= 0.6 is 0 Å². The summed E-state index contributed by atoms with van der Waals surface area (Å²) in [5.74, 6) is 0. The largest absolute Gasteiger partial charge is 0.389 e. The smallest absolute Gasteiger partial charge is 0.0947 e. The van der Waals surface area contributed by atoms with Crippen LogP contribution in [0.25, 0.3) is 0 Å². The van der Waals surface area contributed by atoms with Crippen LogP contribution in [0.5, 0.6) is 0 Å². The maximum atomic E-state index is 9.80. The predicted molar refractivity (Wildman–Crippen MR) is 85.9 cm³/mol. The molecule has 0 aliphatic heterocycles. The molecule has 5 nitrogen and oxygen atoms in total. The molecule has 0 heterocycles. The molecule has 0 fully saturated rings. The van der Waals surface area contributed by atoms with Crippen LogP contribution in [-0.4, -0.2) is 58.8 Å². The highest BCUT2D eigenvalue weighted by Gasteiger charge is 2.10. The van der Waals surface area contributed by atoms with Crippen molar-refractivity contribution < 1.29 is 14.6 Å². The number of benzene rings is 1. The number of aliphatic hydroxyl groups excluding tert-OH is 1. The molecule has 0 aliphatic carbocycles. The second kappa shape index (κ2) is 9.73. The first-order chi connectivity index (χ1) is 10.1. The third-order valence-corrected chi connectivity index (χ3v) is 3.33. The van der Waals surface area contributed by atoms with Gasteiger partial charge in [-0.1, -0.05) is 12.1 Å². The van der Waals surface area contributed by atoms with Crippen molar-refractivity contribution in [3.8, 4) is 0 Å². The topological polar surface area (TPSA) is 54.0 Å². The van der Waals surface area contributed by atoms with Crippen molar-refractivity contribution in [3.05, 3.63) is 29.3 Å². The van der Waals surface area contributed by atoms with Crippen molar-refractivity contribution in [2.24, 2.45) is 0 Å². The molecule has 1 unspecified atom stereocenters. The van der Waals surface area contributed by atoms with Crippen LogP contribution in [0.1, 0.15) is 11.1 Å². The van der Waals surface area contributed by atoms with Crippen molar-refractivity contribution in [3.63, 3.8) is 0 Å². The quantitative estimate of drug-likeness (QED) is 0.635. The van der Waals surface area contributed by atoms with E-state index in [1.807, 2.05) is 7.05 Å². The van der Waals surface area contributed by atoms with Crippen LogP contribution in [0, 0.1) is 6.92 Å². The van der Waals surface area contributed by atoms with Crippen LogP contribution in [0.4, 0.5) is 5.69 Å². The summed E-state index contributed by atoms with van der Waals surface area (Å²) in [7, 11) is 5.28. The SMILES string of the molecule is COCCNCc1ccc(N(C)CC(O)COC)c(C)c1. The molecule has 0 bridgehead atoms. The number of hydrogen-bond donors (Lipinski definition) is 2. The van der Waals surface area contributed by atoms with E-state index < -0.39 is 6.10 Å². The lowest BCUT2D eigenvalue weighted by molar-refractivity contribution is 0.0695. The summed E-state index contributed by atoms with van der Waals surface area (Å²) in [6, 6.07) is 6.39. The van der Waals surface area contributed by atoms with Crippen LogP contribution in [0.15, 0.2) is 18.2 Å². The number of aryl methyl sites for hydroxylation is 1. The number of nitrogens with one attached hydrogen (secondary N) is 1. The van der Waals surface area contributed by atoms with Crippen LogP contribution in [-0.2, 0) is 16.0 Å². The van der Waals surface area contributed by atoms with Gasteiger partial charge in [0.1, 0.15) is 0 Å². The molecule has 1 atom stereocenters. The Morgan fingerprint density at radius 2 is 2.05 bits per heavy atom. The van der Waals surface area contributed by atoms with E-state index in [9.17, 15) is 5.11 Å². The lowest BCUT2D eigenvalue weighted by Crippen LogP contribution is -2.32. The van der Waals surface area contributed by atoms with E-state index in [2.05, 4.69) is 35.3 Å². The van der Waals surface area contributed by atoms with Crippen LogP contribution < -0.4 is 10.2 Å². The van der Waals surface area contributed by atoms with E-state index in [4.69, 9.17) is 9.47 Å². The molecule has 0 aliphatic rings. The first kappa shape index (κ1) is 17.9. The zero-order chi connectivity index (χ0) is 15.7. The first-order valence-electron chi connectivity index (χ1n) is 7.25. The van der Waals surface area contributed by atoms with E-state index in [0.29, 0.717) is 13.2 Å². The Morgan fingerprint density at radius 3 is 2.67 bits per heavy atom. The average Bonchev–Trinajstić information content (AvgIpc) is 2.43. The summed E-state index contributed by atoms with van der Waals surface area (Å²) in [6.45, 7) is 5.40. The van der Waals surface area contributed by atoms with Crippen molar-refractivity contribution in [1.82, 2.24) is 5.32 Å². The third kappa shape index (κ3) is 6.44. The van der Waals surface area contributed by atoms with Crippen molar-refractivity contribution >= 4 is 5.69 Å². The van der Waals surface area contributed by atoms with Gasteiger partial charge in [0.15, 0.2) is 0 Å². The summed E-state index contributed by atoms with van der Waals surface area (Å²) in [5, 5.41) is 13.1. The van der Waals surface area contributed by atoms with Crippen LogP contribution in [0.3, 0.4) is 0 Å². The van der Waals surface area contributed by atoms with Crippen molar-refractivity contribution in [2.75, 3.05) is 52.5 Å². The van der Waals surface area contributed by atoms with Gasteiger partial charge < -0.3 is 24.8 Å². The van der Waals surface area contributed by atoms with Gasteiger partial charge in [-0.3, -0.25) is 0 Å². The predicted octanol–water partition coefficient (Wildman–Crippen LogP) is 1.17. The lowest BCUT2D eigenvalue weighted by atomic mass is 10.1. The summed E-state index contributed by atoms with van der Waals surface area (Å²) in [5.41, 5.74) is 3.58. The van der Waals surface area contributed by atoms with Gasteiger partial charge in [-0.2, -0.15) is 0 Å². The minimum atomic E-state index is -0.477. The van der Waals surface area contributed by atoms with Gasteiger partial charge in [0, 0.05) is 46.6 Å². The zero-order valence-corrected chi connectivity index (χ0v) is 13.6. The van der Waals surface area contributed by atoms with Crippen LogP contribution in [0.2, 0.25) is 0 Å². The summed E-state index contributed by atoms with van der Waals surface area (Å²) < 4.78 is 9.97. The molecule has 1 aromatic rings. The molecule has 0 saturated carbocycles. The molecular weight excluding hydrogens is 268 g/mol. The second-order valence-electron chi connectivity index (χ2n) is 5.28. The average molecular weight is 296 g/mol. The number of hydrogen-bond acceptors (Lipinski definition) is 5. The molecular formula is C16H28N2O3.